The van der Waals surface area contributed by atoms with E-state index >= 15 is 0 Å². The van der Waals surface area contributed by atoms with Crippen molar-refractivity contribution in [3.63, 3.8) is 0 Å². The Morgan fingerprint density at radius 2 is 1.77 bits per heavy atom. The van der Waals surface area contributed by atoms with Gasteiger partial charge in [-0.3, -0.25) is 9.69 Å². The lowest BCUT2D eigenvalue weighted by Crippen LogP contribution is -2.54. The van der Waals surface area contributed by atoms with Crippen LogP contribution in [0.2, 0.25) is 0 Å². The summed E-state index contributed by atoms with van der Waals surface area (Å²) in [4.78, 5) is 16.0. The molecule has 2 aliphatic rings. The Balaban J connectivity index is 0.00000242. The van der Waals surface area contributed by atoms with Crippen molar-refractivity contribution in [2.75, 3.05) is 45.9 Å². The second-order valence-electron chi connectivity index (χ2n) is 5.81. The molecule has 0 aromatic carbocycles. The summed E-state index contributed by atoms with van der Waals surface area (Å²) in [5.41, 5.74) is 5.27. The van der Waals surface area contributed by atoms with Crippen LogP contribution in [-0.4, -0.2) is 73.4 Å². The van der Waals surface area contributed by atoms with E-state index in [1.54, 1.807) is 4.90 Å². The van der Waals surface area contributed by atoms with Crippen LogP contribution in [-0.2, 0) is 9.53 Å². The van der Waals surface area contributed by atoms with E-state index in [9.17, 15) is 18.0 Å². The van der Waals surface area contributed by atoms with E-state index in [1.165, 1.54) is 0 Å². The maximum Gasteiger partial charge on any atom is 0.411 e. The summed E-state index contributed by atoms with van der Waals surface area (Å²) < 4.78 is 40.2. The molecule has 2 fully saturated rings. The van der Waals surface area contributed by atoms with Gasteiger partial charge in [0.05, 0.1) is 5.54 Å². The Morgan fingerprint density at radius 1 is 1.18 bits per heavy atom. The zero-order chi connectivity index (χ0) is 15.5. The number of piperazine rings is 1. The zero-order valence-corrected chi connectivity index (χ0v) is 13.2. The Hall–Kier alpha value is -0.570. The molecule has 0 bridgehead atoms. The molecule has 1 aliphatic heterocycles. The molecule has 0 radical (unpaired) electrons. The molecule has 1 saturated heterocycles. The molecule has 1 aliphatic carbocycles. The second kappa shape index (κ2) is 7.81. The largest absolute Gasteiger partial charge is 0.411 e. The molecule has 0 aromatic rings. The topological polar surface area (TPSA) is 58.8 Å². The second-order valence-corrected chi connectivity index (χ2v) is 5.81. The fourth-order valence-corrected chi connectivity index (χ4v) is 2.42. The number of nitrogens with zero attached hydrogens (tertiary/aromatic N) is 2. The Morgan fingerprint density at radius 3 is 2.27 bits per heavy atom. The third-order valence-corrected chi connectivity index (χ3v) is 3.90. The van der Waals surface area contributed by atoms with Gasteiger partial charge in [-0.25, -0.2) is 0 Å². The molecular formula is C13H23ClF3N3O2. The van der Waals surface area contributed by atoms with Gasteiger partial charge in [-0.2, -0.15) is 13.2 Å². The minimum absolute atomic E-state index is 0. The molecule has 22 heavy (non-hydrogen) atoms. The number of rotatable bonds is 6. The average molecular weight is 346 g/mol. The van der Waals surface area contributed by atoms with Gasteiger partial charge >= 0.3 is 6.18 Å². The lowest BCUT2D eigenvalue weighted by molar-refractivity contribution is -0.174. The minimum Gasteiger partial charge on any atom is -0.372 e. The van der Waals surface area contributed by atoms with E-state index in [1.807, 2.05) is 0 Å². The lowest BCUT2D eigenvalue weighted by Gasteiger charge is -2.36. The molecule has 2 rings (SSSR count). The first-order chi connectivity index (χ1) is 9.80. The van der Waals surface area contributed by atoms with E-state index in [0.717, 1.165) is 25.9 Å². The molecule has 0 aromatic heterocycles. The fourth-order valence-electron chi connectivity index (χ4n) is 2.42. The number of amides is 1. The molecule has 1 heterocycles. The minimum atomic E-state index is -4.26. The smallest absolute Gasteiger partial charge is 0.372 e. The highest BCUT2D eigenvalue weighted by Crippen LogP contribution is 2.34. The monoisotopic (exact) mass is 345 g/mol. The molecule has 2 N–H and O–H groups in total. The highest BCUT2D eigenvalue weighted by Gasteiger charge is 2.48. The van der Waals surface area contributed by atoms with Crippen molar-refractivity contribution < 1.29 is 22.7 Å². The van der Waals surface area contributed by atoms with Crippen LogP contribution < -0.4 is 5.73 Å². The number of carbonyl (C=O) groups is 1. The Bertz CT molecular complexity index is 370. The highest BCUT2D eigenvalue weighted by molar-refractivity contribution is 5.89. The first-order valence-corrected chi connectivity index (χ1v) is 7.25. The average Bonchev–Trinajstić information content (AvgIpc) is 3.16. The van der Waals surface area contributed by atoms with E-state index in [0.29, 0.717) is 26.1 Å². The van der Waals surface area contributed by atoms with Crippen LogP contribution in [0.25, 0.3) is 0 Å². The predicted molar refractivity (Wildman–Crippen MR) is 77.9 cm³/mol. The summed E-state index contributed by atoms with van der Waals surface area (Å²) in [6.45, 7) is 2.36. The number of carbonyl (C=O) groups excluding carboxylic acids is 1. The molecular weight excluding hydrogens is 323 g/mol. The molecule has 130 valence electrons. The summed E-state index contributed by atoms with van der Waals surface area (Å²) in [6.07, 6.45) is -2.16. The number of alkyl halides is 3. The maximum absolute atomic E-state index is 12.0. The Kier molecular flexibility index (Phi) is 6.91. The van der Waals surface area contributed by atoms with Crippen molar-refractivity contribution in [1.82, 2.24) is 9.80 Å². The first-order valence-electron chi connectivity index (χ1n) is 7.25. The fraction of sp³-hybridized carbons (Fsp3) is 0.923. The standard InChI is InChI=1S/C13H22F3N3O2.ClH/c14-13(15,16)10-21-9-1-4-18-5-7-19(8-6-18)11(20)12(17)2-3-12;/h1-10,17H2;1H. The summed E-state index contributed by atoms with van der Waals surface area (Å²) in [6, 6.07) is 0. The van der Waals surface area contributed by atoms with Gasteiger partial charge in [0.2, 0.25) is 5.91 Å². The van der Waals surface area contributed by atoms with E-state index in [2.05, 4.69) is 9.64 Å². The van der Waals surface area contributed by atoms with Gasteiger partial charge < -0.3 is 15.4 Å². The van der Waals surface area contributed by atoms with Crippen molar-refractivity contribution in [2.45, 2.75) is 31.0 Å². The lowest BCUT2D eigenvalue weighted by atomic mass is 10.2. The summed E-state index contributed by atoms with van der Waals surface area (Å²) >= 11 is 0. The van der Waals surface area contributed by atoms with Gasteiger partial charge in [-0.15, -0.1) is 12.4 Å². The molecule has 0 atom stereocenters. The zero-order valence-electron chi connectivity index (χ0n) is 12.4. The summed E-state index contributed by atoms with van der Waals surface area (Å²) in [5, 5.41) is 0. The van der Waals surface area contributed by atoms with Gasteiger partial charge in [0, 0.05) is 39.3 Å². The van der Waals surface area contributed by atoms with Crippen molar-refractivity contribution in [2.24, 2.45) is 5.73 Å². The predicted octanol–water partition coefficient (Wildman–Crippen LogP) is 1.01. The van der Waals surface area contributed by atoms with Crippen molar-refractivity contribution in [1.29, 1.82) is 0 Å². The molecule has 9 heteroatoms. The number of nitrogens with two attached hydrogens (primary N) is 1. The quantitative estimate of drug-likeness (QED) is 0.730. The van der Waals surface area contributed by atoms with Crippen LogP contribution in [0.4, 0.5) is 13.2 Å². The maximum atomic E-state index is 12.0. The van der Waals surface area contributed by atoms with Gasteiger partial charge in [-0.05, 0) is 19.3 Å². The van der Waals surface area contributed by atoms with E-state index in [-0.39, 0.29) is 24.9 Å². The third kappa shape index (κ3) is 5.91. The molecule has 1 saturated carbocycles. The number of ether oxygens (including phenoxy) is 1. The van der Waals surface area contributed by atoms with Crippen molar-refractivity contribution in [3.8, 4) is 0 Å². The van der Waals surface area contributed by atoms with Crippen LogP contribution >= 0.6 is 12.4 Å². The van der Waals surface area contributed by atoms with Gasteiger partial charge in [0.25, 0.3) is 0 Å². The van der Waals surface area contributed by atoms with Gasteiger partial charge in [0.15, 0.2) is 0 Å². The number of hydrogen-bond acceptors (Lipinski definition) is 4. The van der Waals surface area contributed by atoms with Crippen LogP contribution in [0.15, 0.2) is 0 Å². The first kappa shape index (κ1) is 19.5. The normalized spacial score (nSPS) is 21.4. The van der Waals surface area contributed by atoms with Crippen molar-refractivity contribution in [3.05, 3.63) is 0 Å². The molecule has 0 spiro atoms. The van der Waals surface area contributed by atoms with E-state index < -0.39 is 18.3 Å². The van der Waals surface area contributed by atoms with Gasteiger partial charge in [0.1, 0.15) is 6.61 Å². The third-order valence-electron chi connectivity index (χ3n) is 3.90. The number of halogens is 4. The SMILES string of the molecule is Cl.NC1(C(=O)N2CCN(CCCOCC(F)(F)F)CC2)CC1. The highest BCUT2D eigenvalue weighted by atomic mass is 35.5. The van der Waals surface area contributed by atoms with Crippen LogP contribution in [0, 0.1) is 0 Å². The molecule has 5 nitrogen and oxygen atoms in total. The van der Waals surface area contributed by atoms with Gasteiger partial charge in [-0.1, -0.05) is 0 Å². The molecule has 1 amide bonds. The van der Waals surface area contributed by atoms with Crippen LogP contribution in [0.3, 0.4) is 0 Å². The van der Waals surface area contributed by atoms with Crippen LogP contribution in [0.1, 0.15) is 19.3 Å². The summed E-state index contributed by atoms with van der Waals surface area (Å²) in [5.74, 6) is 0.0376. The summed E-state index contributed by atoms with van der Waals surface area (Å²) in [7, 11) is 0. The Labute approximate surface area is 134 Å². The number of hydrogen-bond donors (Lipinski definition) is 1. The van der Waals surface area contributed by atoms with Crippen LogP contribution in [0.5, 0.6) is 0 Å². The van der Waals surface area contributed by atoms with E-state index in [4.69, 9.17) is 5.73 Å². The van der Waals surface area contributed by atoms with Crippen molar-refractivity contribution >= 4 is 18.3 Å². The molecule has 0 unspecified atom stereocenters.